The molecule has 1 N–H and O–H groups in total. The molecule has 130 valence electrons. The lowest BCUT2D eigenvalue weighted by molar-refractivity contribution is -0.121. The molecule has 1 aliphatic heterocycles. The van der Waals surface area contributed by atoms with Gasteiger partial charge in [0.15, 0.2) is 12.4 Å². The average molecular weight is 348 g/mol. The number of nitrogens with one attached hydrogen (secondary N) is 1. The van der Waals surface area contributed by atoms with Gasteiger partial charge in [-0.1, -0.05) is 30.3 Å². The van der Waals surface area contributed by atoms with Crippen LogP contribution in [0.25, 0.3) is 0 Å². The van der Waals surface area contributed by atoms with E-state index in [0.29, 0.717) is 23.7 Å². The third-order valence-corrected chi connectivity index (χ3v) is 4.09. The predicted octanol–water partition coefficient (Wildman–Crippen LogP) is 3.46. The molecular weight excluding hydrogens is 332 g/mol. The molecule has 0 spiro atoms. The van der Waals surface area contributed by atoms with Crippen molar-refractivity contribution in [1.82, 2.24) is 0 Å². The number of carbonyl (C=O) groups excluding carboxylic acids is 2. The molecule has 4 rings (SSSR count). The molecule has 2 heterocycles. The van der Waals surface area contributed by atoms with Crippen LogP contribution >= 0.6 is 0 Å². The third kappa shape index (κ3) is 3.17. The summed E-state index contributed by atoms with van der Waals surface area (Å²) in [7, 11) is 0. The van der Waals surface area contributed by atoms with E-state index in [9.17, 15) is 9.59 Å². The normalized spacial score (nSPS) is 13.1. The lowest BCUT2D eigenvalue weighted by Crippen LogP contribution is -2.38. The van der Waals surface area contributed by atoms with Crippen molar-refractivity contribution in [2.45, 2.75) is 6.54 Å². The molecular formula is C20H16N2O4. The molecule has 0 bridgehead atoms. The molecule has 1 aromatic heterocycles. The van der Waals surface area contributed by atoms with Crippen LogP contribution < -0.4 is 15.0 Å². The molecule has 0 aliphatic carbocycles. The number of hydrogen-bond donors (Lipinski definition) is 1. The predicted molar refractivity (Wildman–Crippen MR) is 96.2 cm³/mol. The number of rotatable bonds is 4. The second-order valence-corrected chi connectivity index (χ2v) is 5.87. The Kier molecular flexibility index (Phi) is 4.15. The Morgan fingerprint density at radius 2 is 1.92 bits per heavy atom. The quantitative estimate of drug-likeness (QED) is 0.784. The molecule has 0 saturated carbocycles. The van der Waals surface area contributed by atoms with Crippen LogP contribution in [-0.4, -0.2) is 18.4 Å². The molecule has 2 aromatic carbocycles. The summed E-state index contributed by atoms with van der Waals surface area (Å²) in [6, 6.07) is 18.2. The summed E-state index contributed by atoms with van der Waals surface area (Å²) in [5, 5.41) is 2.75. The number of fused-ring (bicyclic) bond motifs is 1. The van der Waals surface area contributed by atoms with Crippen LogP contribution in [-0.2, 0) is 11.3 Å². The monoisotopic (exact) mass is 348 g/mol. The third-order valence-electron chi connectivity index (χ3n) is 4.09. The van der Waals surface area contributed by atoms with Crippen molar-refractivity contribution in [3.63, 3.8) is 0 Å². The fraction of sp³-hybridized carbons (Fsp3) is 0.100. The summed E-state index contributed by atoms with van der Waals surface area (Å²) < 4.78 is 10.6. The molecule has 26 heavy (non-hydrogen) atoms. The topological polar surface area (TPSA) is 71.8 Å². The summed E-state index contributed by atoms with van der Waals surface area (Å²) in [5.74, 6) is 0.332. The van der Waals surface area contributed by atoms with Crippen molar-refractivity contribution in [3.8, 4) is 5.75 Å². The smallest absolute Gasteiger partial charge is 0.291 e. The first-order valence-corrected chi connectivity index (χ1v) is 8.17. The number of nitrogens with zero attached hydrogens (tertiary/aromatic N) is 1. The first-order valence-electron chi connectivity index (χ1n) is 8.17. The number of hydrogen-bond acceptors (Lipinski definition) is 4. The van der Waals surface area contributed by atoms with Crippen LogP contribution in [0.15, 0.2) is 71.3 Å². The lowest BCUT2D eigenvalue weighted by atomic mass is 10.1. The van der Waals surface area contributed by atoms with Crippen molar-refractivity contribution in [2.24, 2.45) is 0 Å². The minimum absolute atomic E-state index is 0.0323. The van der Waals surface area contributed by atoms with E-state index in [4.69, 9.17) is 9.15 Å². The Morgan fingerprint density at radius 1 is 1.08 bits per heavy atom. The van der Waals surface area contributed by atoms with Crippen molar-refractivity contribution in [2.75, 3.05) is 16.8 Å². The van der Waals surface area contributed by atoms with Gasteiger partial charge in [-0.05, 0) is 29.8 Å². The minimum atomic E-state index is -0.344. The fourth-order valence-corrected chi connectivity index (χ4v) is 2.82. The highest BCUT2D eigenvalue weighted by Gasteiger charge is 2.26. The van der Waals surface area contributed by atoms with Crippen molar-refractivity contribution in [3.05, 3.63) is 78.3 Å². The van der Waals surface area contributed by atoms with Crippen molar-refractivity contribution >= 4 is 23.2 Å². The maximum Gasteiger partial charge on any atom is 0.291 e. The molecule has 3 aromatic rings. The first kappa shape index (κ1) is 16.0. The zero-order chi connectivity index (χ0) is 17.9. The Balaban J connectivity index is 1.57. The first-order chi connectivity index (χ1) is 12.7. The van der Waals surface area contributed by atoms with Gasteiger partial charge in [0.05, 0.1) is 18.5 Å². The van der Waals surface area contributed by atoms with E-state index in [-0.39, 0.29) is 24.2 Å². The van der Waals surface area contributed by atoms with Gasteiger partial charge in [-0.15, -0.1) is 0 Å². The maximum atomic E-state index is 12.3. The number of benzene rings is 2. The molecule has 0 atom stereocenters. The molecule has 0 fully saturated rings. The Hall–Kier alpha value is -3.54. The van der Waals surface area contributed by atoms with E-state index in [0.717, 1.165) is 5.56 Å². The second kappa shape index (κ2) is 6.76. The van der Waals surface area contributed by atoms with Gasteiger partial charge in [0.2, 0.25) is 0 Å². The number of amides is 2. The molecule has 6 nitrogen and oxygen atoms in total. The standard InChI is InChI=1S/C20H16N2O4/c23-19-13-26-18-11-15(21-20(24)17-7-4-10-25-17)8-9-16(18)22(19)12-14-5-2-1-3-6-14/h1-11H,12-13H2,(H,21,24). The molecule has 2 amide bonds. The van der Waals surface area contributed by atoms with Gasteiger partial charge in [0, 0.05) is 11.8 Å². The highest BCUT2D eigenvalue weighted by atomic mass is 16.5. The van der Waals surface area contributed by atoms with E-state index < -0.39 is 0 Å². The summed E-state index contributed by atoms with van der Waals surface area (Å²) in [6.07, 6.45) is 1.44. The van der Waals surface area contributed by atoms with Gasteiger partial charge in [-0.2, -0.15) is 0 Å². The summed E-state index contributed by atoms with van der Waals surface area (Å²) >= 11 is 0. The van der Waals surface area contributed by atoms with E-state index in [1.807, 2.05) is 30.3 Å². The van der Waals surface area contributed by atoms with Gasteiger partial charge >= 0.3 is 0 Å². The Labute approximate surface area is 150 Å². The van der Waals surface area contributed by atoms with Crippen molar-refractivity contribution in [1.29, 1.82) is 0 Å². The van der Waals surface area contributed by atoms with Crippen molar-refractivity contribution < 1.29 is 18.7 Å². The Morgan fingerprint density at radius 3 is 2.69 bits per heavy atom. The molecule has 0 radical (unpaired) electrons. The summed E-state index contributed by atoms with van der Waals surface area (Å²) in [4.78, 5) is 26.1. The number of furan rings is 1. The number of anilines is 2. The van der Waals surface area contributed by atoms with Crippen LogP contribution in [0.2, 0.25) is 0 Å². The van der Waals surface area contributed by atoms with E-state index in [2.05, 4.69) is 5.32 Å². The lowest BCUT2D eigenvalue weighted by Gasteiger charge is -2.29. The van der Waals surface area contributed by atoms with Crippen LogP contribution in [0.3, 0.4) is 0 Å². The van der Waals surface area contributed by atoms with Crippen LogP contribution in [0, 0.1) is 0 Å². The zero-order valence-corrected chi connectivity index (χ0v) is 13.8. The molecule has 1 aliphatic rings. The van der Waals surface area contributed by atoms with Crippen LogP contribution in [0.5, 0.6) is 5.75 Å². The average Bonchev–Trinajstić information content (AvgIpc) is 3.20. The molecule has 0 saturated heterocycles. The Bertz CT molecular complexity index is 936. The highest BCUT2D eigenvalue weighted by molar-refractivity contribution is 6.03. The molecule has 6 heteroatoms. The van der Waals surface area contributed by atoms with E-state index >= 15 is 0 Å². The SMILES string of the molecule is O=C(Nc1ccc2c(c1)OCC(=O)N2Cc1ccccc1)c1ccco1. The summed E-state index contributed by atoms with van der Waals surface area (Å²) in [6.45, 7) is 0.434. The van der Waals surface area contributed by atoms with Crippen LogP contribution in [0.1, 0.15) is 16.1 Å². The number of carbonyl (C=O) groups is 2. The highest BCUT2D eigenvalue weighted by Crippen LogP contribution is 2.35. The fourth-order valence-electron chi connectivity index (χ4n) is 2.82. The minimum Gasteiger partial charge on any atom is -0.481 e. The van der Waals surface area contributed by atoms with E-state index in [1.165, 1.54) is 6.26 Å². The van der Waals surface area contributed by atoms with Gasteiger partial charge in [-0.25, -0.2) is 0 Å². The van der Waals surface area contributed by atoms with Gasteiger partial charge in [0.1, 0.15) is 5.75 Å². The van der Waals surface area contributed by atoms with Gasteiger partial charge < -0.3 is 19.4 Å². The zero-order valence-electron chi connectivity index (χ0n) is 13.8. The summed E-state index contributed by atoms with van der Waals surface area (Å²) in [5.41, 5.74) is 2.28. The molecule has 0 unspecified atom stereocenters. The largest absolute Gasteiger partial charge is 0.481 e. The van der Waals surface area contributed by atoms with Gasteiger partial charge in [-0.3, -0.25) is 9.59 Å². The van der Waals surface area contributed by atoms with Crippen LogP contribution in [0.4, 0.5) is 11.4 Å². The number of ether oxygens (including phenoxy) is 1. The van der Waals surface area contributed by atoms with E-state index in [1.54, 1.807) is 35.2 Å². The van der Waals surface area contributed by atoms with Gasteiger partial charge in [0.25, 0.3) is 11.8 Å². The second-order valence-electron chi connectivity index (χ2n) is 5.87. The maximum absolute atomic E-state index is 12.3.